The molecule has 0 bridgehead atoms. The van der Waals surface area contributed by atoms with Crippen LogP contribution in [-0.4, -0.2) is 21.5 Å². The highest BCUT2D eigenvalue weighted by molar-refractivity contribution is 5.85. The number of fused-ring (bicyclic) bond motifs is 1. The van der Waals surface area contributed by atoms with Gasteiger partial charge >= 0.3 is 0 Å². The van der Waals surface area contributed by atoms with Gasteiger partial charge in [-0.25, -0.2) is 4.98 Å². The molecule has 0 saturated heterocycles. The van der Waals surface area contributed by atoms with Gasteiger partial charge in [0.05, 0.1) is 5.69 Å². The van der Waals surface area contributed by atoms with Crippen LogP contribution in [0.1, 0.15) is 27.9 Å². The quantitative estimate of drug-likeness (QED) is 0.447. The zero-order valence-electron chi connectivity index (χ0n) is 17.4. The van der Waals surface area contributed by atoms with Gasteiger partial charge in [-0.1, -0.05) is 28.8 Å². The van der Waals surface area contributed by atoms with E-state index in [1.165, 1.54) is 38.9 Å². The molecule has 0 fully saturated rings. The van der Waals surface area contributed by atoms with Crippen LogP contribution in [0.15, 0.2) is 42.5 Å². The summed E-state index contributed by atoms with van der Waals surface area (Å²) in [4.78, 5) is 12.3. The lowest BCUT2D eigenvalue weighted by Crippen LogP contribution is -2.09. The third kappa shape index (κ3) is 4.09. The molecule has 0 amide bonds. The second-order valence-corrected chi connectivity index (χ2v) is 7.83. The molecule has 5 nitrogen and oxygen atoms in total. The van der Waals surface area contributed by atoms with E-state index in [4.69, 9.17) is 5.73 Å². The fourth-order valence-corrected chi connectivity index (χ4v) is 3.96. The van der Waals surface area contributed by atoms with Crippen molar-refractivity contribution in [3.63, 3.8) is 0 Å². The maximum Gasteiger partial charge on any atom is 0.222 e. The number of aryl methyl sites for hydroxylation is 4. The maximum absolute atomic E-state index is 5.99. The van der Waals surface area contributed by atoms with Crippen molar-refractivity contribution in [2.75, 3.05) is 17.6 Å². The lowest BCUT2D eigenvalue weighted by molar-refractivity contribution is 0.995. The van der Waals surface area contributed by atoms with Crippen molar-refractivity contribution in [3.05, 3.63) is 70.4 Å². The highest BCUT2D eigenvalue weighted by Crippen LogP contribution is 2.25. The summed E-state index contributed by atoms with van der Waals surface area (Å²) in [6.07, 6.45) is 0.901. The number of aromatic amines is 1. The van der Waals surface area contributed by atoms with Gasteiger partial charge in [0.25, 0.3) is 0 Å². The summed E-state index contributed by atoms with van der Waals surface area (Å²) < 4.78 is 0. The first-order chi connectivity index (χ1) is 13.9. The molecule has 29 heavy (non-hydrogen) atoms. The summed E-state index contributed by atoms with van der Waals surface area (Å²) in [5.74, 6) is 1.03. The Morgan fingerprint density at radius 3 is 2.41 bits per heavy atom. The van der Waals surface area contributed by atoms with Crippen molar-refractivity contribution in [1.29, 1.82) is 0 Å². The number of benzene rings is 2. The van der Waals surface area contributed by atoms with E-state index >= 15 is 0 Å². The Labute approximate surface area is 171 Å². The molecule has 2 aromatic carbocycles. The average Bonchev–Trinajstić information content (AvgIpc) is 2.95. The van der Waals surface area contributed by atoms with Gasteiger partial charge in [0.1, 0.15) is 5.82 Å². The van der Waals surface area contributed by atoms with Crippen LogP contribution in [0.3, 0.4) is 0 Å². The molecule has 4 aromatic rings. The topological polar surface area (TPSA) is 79.6 Å². The van der Waals surface area contributed by atoms with Crippen LogP contribution in [0.5, 0.6) is 0 Å². The minimum atomic E-state index is 0.281. The number of hydrogen-bond acceptors (Lipinski definition) is 4. The van der Waals surface area contributed by atoms with Gasteiger partial charge in [0.15, 0.2) is 0 Å². The van der Waals surface area contributed by atoms with Gasteiger partial charge in [-0.3, -0.25) is 0 Å². The Hall–Kier alpha value is -3.34. The van der Waals surface area contributed by atoms with Crippen LogP contribution in [0.4, 0.5) is 11.8 Å². The van der Waals surface area contributed by atoms with E-state index in [-0.39, 0.29) is 5.95 Å². The average molecular weight is 386 g/mol. The van der Waals surface area contributed by atoms with Crippen LogP contribution >= 0.6 is 0 Å². The van der Waals surface area contributed by atoms with E-state index in [9.17, 15) is 0 Å². The molecule has 4 N–H and O–H groups in total. The Balaban J connectivity index is 1.54. The number of anilines is 2. The first kappa shape index (κ1) is 19.0. The summed E-state index contributed by atoms with van der Waals surface area (Å²) in [7, 11) is 0. The molecule has 148 valence electrons. The van der Waals surface area contributed by atoms with Gasteiger partial charge in [-0.05, 0) is 63.9 Å². The summed E-state index contributed by atoms with van der Waals surface area (Å²) in [5.41, 5.74) is 15.3. The van der Waals surface area contributed by atoms with Crippen molar-refractivity contribution in [2.24, 2.45) is 0 Å². The normalized spacial score (nSPS) is 11.2. The molecule has 0 aliphatic rings. The molecule has 0 unspecified atom stereocenters. The fourth-order valence-electron chi connectivity index (χ4n) is 3.96. The molecule has 5 heteroatoms. The summed E-state index contributed by atoms with van der Waals surface area (Å²) in [6.45, 7) is 9.20. The Bertz CT molecular complexity index is 1170. The number of hydrogen-bond donors (Lipinski definition) is 3. The number of nitrogens with two attached hydrogens (primary N) is 1. The van der Waals surface area contributed by atoms with Crippen LogP contribution in [0.25, 0.3) is 22.2 Å². The molecule has 0 aliphatic heterocycles. The SMILES string of the molecule is Cc1cc(C)cc(-c2cc(NCCc3c(C)[nH]c4ccc(C)cc34)nc(N)n2)c1. The fraction of sp³-hybridized carbons (Fsp3) is 0.250. The molecule has 0 aliphatic carbocycles. The first-order valence-electron chi connectivity index (χ1n) is 9.94. The predicted octanol–water partition coefficient (Wildman–Crippen LogP) is 5.10. The maximum atomic E-state index is 5.99. The number of aromatic nitrogens is 3. The van der Waals surface area contributed by atoms with Gasteiger partial charge in [-0.15, -0.1) is 0 Å². The second-order valence-electron chi connectivity index (χ2n) is 7.83. The summed E-state index contributed by atoms with van der Waals surface area (Å²) in [5, 5.41) is 4.72. The van der Waals surface area contributed by atoms with E-state index in [1.54, 1.807) is 0 Å². The standard InChI is InChI=1S/C24H27N5/c1-14-5-6-21-20(12-14)19(17(4)27-21)7-8-26-23-13-22(28-24(25)29-23)18-10-15(2)9-16(3)11-18/h5-6,9-13,27H,7-8H2,1-4H3,(H3,25,26,28,29). The molecule has 0 spiro atoms. The number of nitrogens with one attached hydrogen (secondary N) is 2. The molecule has 0 atom stereocenters. The monoisotopic (exact) mass is 385 g/mol. The highest BCUT2D eigenvalue weighted by atomic mass is 15.1. The van der Waals surface area contributed by atoms with Crippen LogP contribution in [-0.2, 0) is 6.42 Å². The molecular weight excluding hydrogens is 358 g/mol. The third-order valence-electron chi connectivity index (χ3n) is 5.22. The molecule has 2 heterocycles. The highest BCUT2D eigenvalue weighted by Gasteiger charge is 2.10. The zero-order valence-corrected chi connectivity index (χ0v) is 17.4. The minimum Gasteiger partial charge on any atom is -0.370 e. The smallest absolute Gasteiger partial charge is 0.222 e. The molecule has 4 rings (SSSR count). The molecule has 0 saturated carbocycles. The molecule has 0 radical (unpaired) electrons. The van der Waals surface area contributed by atoms with Crippen molar-refractivity contribution >= 4 is 22.7 Å². The third-order valence-corrected chi connectivity index (χ3v) is 5.22. The van der Waals surface area contributed by atoms with E-state index in [2.05, 4.69) is 84.4 Å². The van der Waals surface area contributed by atoms with Crippen molar-refractivity contribution in [2.45, 2.75) is 34.1 Å². The second kappa shape index (κ2) is 7.59. The summed E-state index contributed by atoms with van der Waals surface area (Å²) in [6, 6.07) is 14.9. The van der Waals surface area contributed by atoms with E-state index in [1.807, 2.05) is 6.07 Å². The van der Waals surface area contributed by atoms with E-state index in [0.29, 0.717) is 0 Å². The lowest BCUT2D eigenvalue weighted by atomic mass is 10.0. The minimum absolute atomic E-state index is 0.281. The van der Waals surface area contributed by atoms with E-state index < -0.39 is 0 Å². The lowest BCUT2D eigenvalue weighted by Gasteiger charge is -2.10. The zero-order chi connectivity index (χ0) is 20.5. The summed E-state index contributed by atoms with van der Waals surface area (Å²) >= 11 is 0. The Kier molecular flexibility index (Phi) is 4.97. The first-order valence-corrected chi connectivity index (χ1v) is 9.94. The predicted molar refractivity (Wildman–Crippen MR) is 121 cm³/mol. The van der Waals surface area contributed by atoms with Crippen molar-refractivity contribution < 1.29 is 0 Å². The number of rotatable bonds is 5. The van der Waals surface area contributed by atoms with Gasteiger partial charge < -0.3 is 16.0 Å². The van der Waals surface area contributed by atoms with Crippen LogP contribution < -0.4 is 11.1 Å². The van der Waals surface area contributed by atoms with Gasteiger partial charge in [-0.2, -0.15) is 4.98 Å². The number of H-pyrrole nitrogens is 1. The number of nitrogen functional groups attached to an aromatic ring is 1. The van der Waals surface area contributed by atoms with Crippen LogP contribution in [0.2, 0.25) is 0 Å². The van der Waals surface area contributed by atoms with E-state index in [0.717, 1.165) is 30.0 Å². The Morgan fingerprint density at radius 2 is 1.66 bits per heavy atom. The van der Waals surface area contributed by atoms with Crippen LogP contribution in [0, 0.1) is 27.7 Å². The molecule has 2 aromatic heterocycles. The largest absolute Gasteiger partial charge is 0.370 e. The van der Waals surface area contributed by atoms with Gasteiger partial charge in [0.2, 0.25) is 5.95 Å². The molecular formula is C24H27N5. The number of nitrogens with zero attached hydrogens (tertiary/aromatic N) is 2. The van der Waals surface area contributed by atoms with Crippen molar-refractivity contribution in [1.82, 2.24) is 15.0 Å². The van der Waals surface area contributed by atoms with Gasteiger partial charge in [0, 0.05) is 34.8 Å². The van der Waals surface area contributed by atoms with Crippen molar-refractivity contribution in [3.8, 4) is 11.3 Å². The Morgan fingerprint density at radius 1 is 0.897 bits per heavy atom.